The van der Waals surface area contributed by atoms with Gasteiger partial charge in [-0.25, -0.2) is 4.68 Å². The Balaban J connectivity index is 1.90. The number of thioether (sulfide) groups is 1. The highest BCUT2D eigenvalue weighted by Gasteiger charge is 2.28. The lowest BCUT2D eigenvalue weighted by atomic mass is 9.96. The van der Waals surface area contributed by atoms with Gasteiger partial charge in [-0.15, -0.1) is 0 Å². The molecular formula is C17H23N3S. The van der Waals surface area contributed by atoms with Gasteiger partial charge in [0, 0.05) is 6.20 Å². The average Bonchev–Trinajstić information content (AvgIpc) is 3.20. The highest BCUT2D eigenvalue weighted by Crippen LogP contribution is 2.34. The lowest BCUT2D eigenvalue weighted by Crippen LogP contribution is -2.31. The molecule has 0 aliphatic carbocycles. The predicted octanol–water partition coefficient (Wildman–Crippen LogP) is 3.67. The number of hydrogen-bond donors (Lipinski definition) is 1. The van der Waals surface area contributed by atoms with Gasteiger partial charge in [0.15, 0.2) is 0 Å². The smallest absolute Gasteiger partial charge is 0.0649 e. The molecule has 1 aromatic heterocycles. The molecule has 1 aliphatic heterocycles. The van der Waals surface area contributed by atoms with E-state index in [1.807, 2.05) is 12.3 Å². The SMILES string of the molecule is CCCNC(c1ccnn1-c1ccccc1)C1CCSC1. The molecule has 1 fully saturated rings. The van der Waals surface area contributed by atoms with Gasteiger partial charge in [0.1, 0.15) is 0 Å². The fraction of sp³-hybridized carbons (Fsp3) is 0.471. The molecule has 112 valence electrons. The van der Waals surface area contributed by atoms with E-state index in [1.54, 1.807) is 0 Å². The average molecular weight is 301 g/mol. The number of para-hydroxylation sites is 1. The molecule has 4 heteroatoms. The molecule has 2 unspecified atom stereocenters. The van der Waals surface area contributed by atoms with Crippen LogP contribution >= 0.6 is 11.8 Å². The van der Waals surface area contributed by atoms with Crippen molar-refractivity contribution in [3.8, 4) is 5.69 Å². The fourth-order valence-electron chi connectivity index (χ4n) is 2.96. The van der Waals surface area contributed by atoms with Crippen LogP contribution in [-0.4, -0.2) is 27.8 Å². The molecule has 2 heterocycles. The van der Waals surface area contributed by atoms with E-state index >= 15 is 0 Å². The summed E-state index contributed by atoms with van der Waals surface area (Å²) in [5.74, 6) is 3.25. The van der Waals surface area contributed by atoms with Crippen LogP contribution in [0.15, 0.2) is 42.6 Å². The Morgan fingerprint density at radius 2 is 2.19 bits per heavy atom. The zero-order chi connectivity index (χ0) is 14.5. The van der Waals surface area contributed by atoms with Gasteiger partial charge < -0.3 is 5.32 Å². The van der Waals surface area contributed by atoms with Crippen LogP contribution in [-0.2, 0) is 0 Å². The zero-order valence-corrected chi connectivity index (χ0v) is 13.4. The van der Waals surface area contributed by atoms with E-state index in [-0.39, 0.29) is 0 Å². The van der Waals surface area contributed by atoms with Crippen molar-refractivity contribution in [3.05, 3.63) is 48.3 Å². The first kappa shape index (κ1) is 14.7. The van der Waals surface area contributed by atoms with E-state index < -0.39 is 0 Å². The van der Waals surface area contributed by atoms with Gasteiger partial charge in [0.25, 0.3) is 0 Å². The topological polar surface area (TPSA) is 29.9 Å². The second-order valence-corrected chi connectivity index (χ2v) is 6.71. The third-order valence-corrected chi connectivity index (χ3v) is 5.23. The predicted molar refractivity (Wildman–Crippen MR) is 90.0 cm³/mol. The number of hydrogen-bond acceptors (Lipinski definition) is 3. The second-order valence-electron chi connectivity index (χ2n) is 5.56. The summed E-state index contributed by atoms with van der Waals surface area (Å²) < 4.78 is 2.09. The van der Waals surface area contributed by atoms with Crippen LogP contribution in [0.2, 0.25) is 0 Å². The monoisotopic (exact) mass is 301 g/mol. The lowest BCUT2D eigenvalue weighted by Gasteiger charge is -2.25. The Bertz CT molecular complexity index is 546. The first-order chi connectivity index (χ1) is 10.4. The van der Waals surface area contributed by atoms with Gasteiger partial charge in [-0.3, -0.25) is 0 Å². The van der Waals surface area contributed by atoms with Gasteiger partial charge in [-0.2, -0.15) is 16.9 Å². The number of aromatic nitrogens is 2. The van der Waals surface area contributed by atoms with E-state index in [2.05, 4.69) is 64.1 Å². The van der Waals surface area contributed by atoms with E-state index in [4.69, 9.17) is 0 Å². The van der Waals surface area contributed by atoms with E-state index in [9.17, 15) is 0 Å². The molecule has 0 amide bonds. The lowest BCUT2D eigenvalue weighted by molar-refractivity contribution is 0.379. The summed E-state index contributed by atoms with van der Waals surface area (Å²) in [7, 11) is 0. The van der Waals surface area contributed by atoms with Gasteiger partial charge in [0.2, 0.25) is 0 Å². The third-order valence-electron chi connectivity index (χ3n) is 4.04. The van der Waals surface area contributed by atoms with Crippen molar-refractivity contribution < 1.29 is 0 Å². The fourth-order valence-corrected chi connectivity index (χ4v) is 4.26. The normalized spacial score (nSPS) is 19.8. The molecule has 0 spiro atoms. The molecule has 21 heavy (non-hydrogen) atoms. The van der Waals surface area contributed by atoms with Crippen LogP contribution in [0.25, 0.3) is 5.69 Å². The highest BCUT2D eigenvalue weighted by molar-refractivity contribution is 7.99. The van der Waals surface area contributed by atoms with Crippen molar-refractivity contribution >= 4 is 11.8 Å². The minimum atomic E-state index is 0.405. The number of benzene rings is 1. The number of rotatable bonds is 6. The van der Waals surface area contributed by atoms with Crippen molar-refractivity contribution in [1.29, 1.82) is 0 Å². The van der Waals surface area contributed by atoms with Crippen molar-refractivity contribution in [2.24, 2.45) is 5.92 Å². The van der Waals surface area contributed by atoms with Gasteiger partial charge in [-0.05, 0) is 55.0 Å². The van der Waals surface area contributed by atoms with Crippen LogP contribution in [0.4, 0.5) is 0 Å². The van der Waals surface area contributed by atoms with Crippen LogP contribution in [0, 0.1) is 5.92 Å². The standard InChI is InChI=1S/C17H23N3S/c1-2-10-18-17(14-9-12-21-13-14)16-8-11-19-20(16)15-6-4-3-5-7-15/h3-8,11,14,17-18H,2,9-10,12-13H2,1H3. The van der Waals surface area contributed by atoms with E-state index in [0.717, 1.165) is 18.7 Å². The van der Waals surface area contributed by atoms with Crippen molar-refractivity contribution in [2.75, 3.05) is 18.1 Å². The summed E-state index contributed by atoms with van der Waals surface area (Å²) in [6, 6.07) is 13.0. The Morgan fingerprint density at radius 3 is 2.90 bits per heavy atom. The van der Waals surface area contributed by atoms with Crippen LogP contribution in [0.1, 0.15) is 31.5 Å². The zero-order valence-electron chi connectivity index (χ0n) is 12.5. The van der Waals surface area contributed by atoms with E-state index in [0.29, 0.717) is 12.0 Å². The Hall–Kier alpha value is -1.26. The van der Waals surface area contributed by atoms with E-state index in [1.165, 1.54) is 23.6 Å². The minimum absolute atomic E-state index is 0.405. The summed E-state index contributed by atoms with van der Waals surface area (Å²) >= 11 is 2.07. The van der Waals surface area contributed by atoms with Crippen LogP contribution in [0.3, 0.4) is 0 Å². The molecule has 1 aromatic carbocycles. The highest BCUT2D eigenvalue weighted by atomic mass is 32.2. The quantitative estimate of drug-likeness (QED) is 0.883. The van der Waals surface area contributed by atoms with Crippen molar-refractivity contribution in [2.45, 2.75) is 25.8 Å². The first-order valence-corrected chi connectivity index (χ1v) is 8.96. The Kier molecular flexibility index (Phi) is 4.99. The van der Waals surface area contributed by atoms with Crippen molar-refractivity contribution in [3.63, 3.8) is 0 Å². The molecular weight excluding hydrogens is 278 g/mol. The van der Waals surface area contributed by atoms with Gasteiger partial charge in [0.05, 0.1) is 17.4 Å². The summed E-state index contributed by atoms with van der Waals surface area (Å²) in [5.41, 5.74) is 2.44. The van der Waals surface area contributed by atoms with Crippen LogP contribution < -0.4 is 5.32 Å². The number of nitrogens with one attached hydrogen (secondary N) is 1. The largest absolute Gasteiger partial charge is 0.308 e. The maximum atomic E-state index is 4.56. The van der Waals surface area contributed by atoms with Crippen molar-refractivity contribution in [1.82, 2.24) is 15.1 Å². The summed E-state index contributed by atoms with van der Waals surface area (Å²) in [5, 5.41) is 8.31. The summed E-state index contributed by atoms with van der Waals surface area (Å²) in [4.78, 5) is 0. The molecule has 0 saturated carbocycles. The van der Waals surface area contributed by atoms with Gasteiger partial charge >= 0.3 is 0 Å². The Labute approximate surface area is 131 Å². The molecule has 0 bridgehead atoms. The molecule has 1 aliphatic rings. The van der Waals surface area contributed by atoms with Gasteiger partial charge in [-0.1, -0.05) is 25.1 Å². The molecule has 2 aromatic rings. The summed E-state index contributed by atoms with van der Waals surface area (Å²) in [6.45, 7) is 3.29. The molecule has 2 atom stereocenters. The maximum Gasteiger partial charge on any atom is 0.0649 e. The molecule has 3 rings (SSSR count). The second kappa shape index (κ2) is 7.14. The Morgan fingerprint density at radius 1 is 1.33 bits per heavy atom. The van der Waals surface area contributed by atoms with Crippen LogP contribution in [0.5, 0.6) is 0 Å². The maximum absolute atomic E-state index is 4.56. The molecule has 1 saturated heterocycles. The molecule has 3 nitrogen and oxygen atoms in total. The minimum Gasteiger partial charge on any atom is -0.308 e. The summed E-state index contributed by atoms with van der Waals surface area (Å²) in [6.07, 6.45) is 4.38. The first-order valence-electron chi connectivity index (χ1n) is 7.80. The molecule has 0 radical (unpaired) electrons. The number of nitrogens with zero attached hydrogens (tertiary/aromatic N) is 2. The third kappa shape index (κ3) is 3.33. The molecule has 1 N–H and O–H groups in total.